The number of nitrogens with one attached hydrogen (secondary N) is 1. The molecule has 0 atom stereocenters. The van der Waals surface area contributed by atoms with Crippen molar-refractivity contribution >= 4 is 11.0 Å². The zero-order chi connectivity index (χ0) is 11.5. The summed E-state index contributed by atoms with van der Waals surface area (Å²) in [5.74, 6) is 1.62. The molecule has 86 valence electrons. The molecule has 16 heavy (non-hydrogen) atoms. The number of imidazole rings is 1. The molecular weight excluding hydrogens is 198 g/mol. The Hall–Kier alpha value is -1.35. The fourth-order valence-electron chi connectivity index (χ4n) is 2.14. The van der Waals surface area contributed by atoms with Gasteiger partial charge in [-0.1, -0.05) is 26.0 Å². The maximum absolute atomic E-state index is 5.71. The number of fused-ring (bicyclic) bond motifs is 1. The van der Waals surface area contributed by atoms with E-state index in [1.165, 1.54) is 0 Å². The summed E-state index contributed by atoms with van der Waals surface area (Å²) >= 11 is 0. The van der Waals surface area contributed by atoms with E-state index < -0.39 is 0 Å². The molecule has 2 aromatic rings. The van der Waals surface area contributed by atoms with E-state index in [-0.39, 0.29) is 0 Å². The standard InChI is InChI=1S/C13H19N3/c1-3-9(4-2)13-15-11-7-5-6-10(8-14)12(11)16-13/h5-7,9H,3-4,8,14H2,1-2H3,(H,15,16). The third kappa shape index (κ3) is 1.83. The topological polar surface area (TPSA) is 54.7 Å². The highest BCUT2D eigenvalue weighted by molar-refractivity contribution is 5.78. The fourth-order valence-corrected chi connectivity index (χ4v) is 2.14. The first-order valence-electron chi connectivity index (χ1n) is 5.97. The van der Waals surface area contributed by atoms with Gasteiger partial charge in [0.1, 0.15) is 5.82 Å². The highest BCUT2D eigenvalue weighted by Gasteiger charge is 2.13. The molecule has 0 amide bonds. The molecule has 0 spiro atoms. The number of para-hydroxylation sites is 1. The van der Waals surface area contributed by atoms with Crippen LogP contribution in [0.3, 0.4) is 0 Å². The van der Waals surface area contributed by atoms with Gasteiger partial charge in [0.15, 0.2) is 0 Å². The van der Waals surface area contributed by atoms with Gasteiger partial charge in [0.05, 0.1) is 11.0 Å². The van der Waals surface area contributed by atoms with Crippen LogP contribution < -0.4 is 5.73 Å². The van der Waals surface area contributed by atoms with Crippen molar-refractivity contribution in [2.75, 3.05) is 0 Å². The van der Waals surface area contributed by atoms with Gasteiger partial charge in [-0.25, -0.2) is 4.98 Å². The van der Waals surface area contributed by atoms with Gasteiger partial charge in [-0.05, 0) is 24.5 Å². The molecule has 0 aliphatic rings. The van der Waals surface area contributed by atoms with Crippen molar-refractivity contribution in [3.05, 3.63) is 29.6 Å². The van der Waals surface area contributed by atoms with Gasteiger partial charge < -0.3 is 10.7 Å². The summed E-state index contributed by atoms with van der Waals surface area (Å²) in [6.07, 6.45) is 2.24. The first-order valence-corrected chi connectivity index (χ1v) is 5.97. The van der Waals surface area contributed by atoms with Crippen molar-refractivity contribution in [2.45, 2.75) is 39.2 Å². The number of nitrogens with zero attached hydrogens (tertiary/aromatic N) is 1. The second-order valence-electron chi connectivity index (χ2n) is 4.15. The summed E-state index contributed by atoms with van der Waals surface area (Å²) in [6, 6.07) is 6.13. The minimum absolute atomic E-state index is 0.526. The molecule has 1 heterocycles. The van der Waals surface area contributed by atoms with Crippen LogP contribution in [0, 0.1) is 0 Å². The Morgan fingerprint density at radius 3 is 2.69 bits per heavy atom. The Labute approximate surface area is 96.1 Å². The van der Waals surface area contributed by atoms with Crippen LogP contribution in [0.15, 0.2) is 18.2 Å². The Balaban J connectivity index is 2.50. The van der Waals surface area contributed by atoms with Gasteiger partial charge in [-0.3, -0.25) is 0 Å². The second kappa shape index (κ2) is 4.66. The largest absolute Gasteiger partial charge is 0.342 e. The maximum atomic E-state index is 5.71. The first kappa shape index (κ1) is 11.1. The number of nitrogens with two attached hydrogens (primary N) is 1. The lowest BCUT2D eigenvalue weighted by Gasteiger charge is -2.07. The number of hydrogen-bond acceptors (Lipinski definition) is 2. The van der Waals surface area contributed by atoms with E-state index in [9.17, 15) is 0 Å². The first-order chi connectivity index (χ1) is 7.80. The second-order valence-corrected chi connectivity index (χ2v) is 4.15. The van der Waals surface area contributed by atoms with Crippen LogP contribution in [0.5, 0.6) is 0 Å². The molecule has 0 saturated carbocycles. The van der Waals surface area contributed by atoms with E-state index in [2.05, 4.69) is 29.9 Å². The molecule has 1 aromatic heterocycles. The molecule has 0 saturated heterocycles. The summed E-state index contributed by atoms with van der Waals surface area (Å²) in [5, 5.41) is 0. The van der Waals surface area contributed by atoms with Crippen molar-refractivity contribution in [1.29, 1.82) is 0 Å². The van der Waals surface area contributed by atoms with Crippen LogP contribution in [0.4, 0.5) is 0 Å². The summed E-state index contributed by atoms with van der Waals surface area (Å²) in [6.45, 7) is 4.95. The van der Waals surface area contributed by atoms with Crippen molar-refractivity contribution in [3.63, 3.8) is 0 Å². The lowest BCUT2D eigenvalue weighted by molar-refractivity contribution is 0.611. The van der Waals surface area contributed by atoms with Gasteiger partial charge in [0.2, 0.25) is 0 Å². The molecule has 3 nitrogen and oxygen atoms in total. The third-order valence-electron chi connectivity index (χ3n) is 3.21. The quantitative estimate of drug-likeness (QED) is 0.827. The summed E-state index contributed by atoms with van der Waals surface area (Å²) < 4.78 is 0. The highest BCUT2D eigenvalue weighted by Crippen LogP contribution is 2.24. The molecule has 3 heteroatoms. The van der Waals surface area contributed by atoms with Crippen molar-refractivity contribution < 1.29 is 0 Å². The number of hydrogen-bond donors (Lipinski definition) is 2. The molecule has 3 N–H and O–H groups in total. The monoisotopic (exact) mass is 217 g/mol. The number of aromatic nitrogens is 2. The Morgan fingerprint density at radius 1 is 1.31 bits per heavy atom. The van der Waals surface area contributed by atoms with Gasteiger partial charge >= 0.3 is 0 Å². The number of H-pyrrole nitrogens is 1. The van der Waals surface area contributed by atoms with E-state index in [0.717, 1.165) is 35.3 Å². The van der Waals surface area contributed by atoms with E-state index in [0.29, 0.717) is 12.5 Å². The molecular formula is C13H19N3. The van der Waals surface area contributed by atoms with Crippen LogP contribution in [-0.4, -0.2) is 9.97 Å². The molecule has 0 aliphatic heterocycles. The minimum Gasteiger partial charge on any atom is -0.342 e. The molecule has 0 radical (unpaired) electrons. The summed E-state index contributed by atoms with van der Waals surface area (Å²) in [7, 11) is 0. The number of aromatic amines is 1. The lowest BCUT2D eigenvalue weighted by atomic mass is 10.0. The molecule has 1 aromatic carbocycles. The number of benzene rings is 1. The predicted octanol–water partition coefficient (Wildman–Crippen LogP) is 2.93. The summed E-state index contributed by atoms with van der Waals surface area (Å²) in [5.41, 5.74) is 8.96. The van der Waals surface area contributed by atoms with Gasteiger partial charge in [-0.15, -0.1) is 0 Å². The molecule has 0 unspecified atom stereocenters. The minimum atomic E-state index is 0.526. The normalized spacial score (nSPS) is 11.5. The predicted molar refractivity (Wildman–Crippen MR) is 67.3 cm³/mol. The van der Waals surface area contributed by atoms with Gasteiger partial charge in [0.25, 0.3) is 0 Å². The SMILES string of the molecule is CCC(CC)c1nc2c(CN)cccc2[nH]1. The van der Waals surface area contributed by atoms with Crippen molar-refractivity contribution in [1.82, 2.24) is 9.97 Å². The molecule has 0 fully saturated rings. The number of rotatable bonds is 4. The van der Waals surface area contributed by atoms with Crippen LogP contribution in [-0.2, 0) is 6.54 Å². The lowest BCUT2D eigenvalue weighted by Crippen LogP contribution is -1.98. The van der Waals surface area contributed by atoms with E-state index in [4.69, 9.17) is 5.73 Å². The van der Waals surface area contributed by atoms with Crippen LogP contribution in [0.1, 0.15) is 44.0 Å². The van der Waals surface area contributed by atoms with Gasteiger partial charge in [0, 0.05) is 12.5 Å². The Kier molecular flexibility index (Phi) is 3.25. The summed E-state index contributed by atoms with van der Waals surface area (Å²) in [4.78, 5) is 8.10. The maximum Gasteiger partial charge on any atom is 0.110 e. The smallest absolute Gasteiger partial charge is 0.110 e. The Bertz CT molecular complexity index is 469. The fraction of sp³-hybridized carbons (Fsp3) is 0.462. The molecule has 0 bridgehead atoms. The van der Waals surface area contributed by atoms with Crippen LogP contribution >= 0.6 is 0 Å². The van der Waals surface area contributed by atoms with Gasteiger partial charge in [-0.2, -0.15) is 0 Å². The zero-order valence-electron chi connectivity index (χ0n) is 9.96. The van der Waals surface area contributed by atoms with E-state index in [1.54, 1.807) is 0 Å². The molecule has 2 rings (SSSR count). The van der Waals surface area contributed by atoms with E-state index >= 15 is 0 Å². The van der Waals surface area contributed by atoms with E-state index in [1.807, 2.05) is 12.1 Å². The van der Waals surface area contributed by atoms with Crippen molar-refractivity contribution in [3.8, 4) is 0 Å². The van der Waals surface area contributed by atoms with Crippen molar-refractivity contribution in [2.24, 2.45) is 5.73 Å². The van der Waals surface area contributed by atoms with Crippen LogP contribution in [0.2, 0.25) is 0 Å². The molecule has 0 aliphatic carbocycles. The van der Waals surface area contributed by atoms with Crippen LogP contribution in [0.25, 0.3) is 11.0 Å². The highest BCUT2D eigenvalue weighted by atomic mass is 14.9. The zero-order valence-corrected chi connectivity index (χ0v) is 9.96. The average Bonchev–Trinajstić information content (AvgIpc) is 2.73. The third-order valence-corrected chi connectivity index (χ3v) is 3.21. The average molecular weight is 217 g/mol. The Morgan fingerprint density at radius 2 is 2.06 bits per heavy atom.